The smallest absolute Gasteiger partial charge is 0.322 e. The molecule has 3 amide bonds. The van der Waals surface area contributed by atoms with Crippen molar-refractivity contribution in [3.8, 4) is 0 Å². The lowest BCUT2D eigenvalue weighted by Gasteiger charge is -2.31. The van der Waals surface area contributed by atoms with Gasteiger partial charge in [-0.3, -0.25) is 9.69 Å². The first-order valence-corrected chi connectivity index (χ1v) is 10.0. The highest BCUT2D eigenvalue weighted by Gasteiger charge is 2.46. The molecule has 8 heteroatoms. The summed E-state index contributed by atoms with van der Waals surface area (Å²) in [5, 5.41) is 2.88. The summed E-state index contributed by atoms with van der Waals surface area (Å²) < 4.78 is 23.6. The van der Waals surface area contributed by atoms with Crippen LogP contribution in [-0.4, -0.2) is 61.3 Å². The topological polar surface area (TPSA) is 86.8 Å². The molecule has 1 fully saturated rings. The first kappa shape index (κ1) is 16.1. The summed E-state index contributed by atoms with van der Waals surface area (Å²) in [7, 11) is -1.45. The summed E-state index contributed by atoms with van der Waals surface area (Å²) in [6.07, 6.45) is 0.454. The van der Waals surface area contributed by atoms with Gasteiger partial charge in [-0.2, -0.15) is 0 Å². The molecule has 132 valence electrons. The van der Waals surface area contributed by atoms with Gasteiger partial charge in [-0.15, -0.1) is 0 Å². The van der Waals surface area contributed by atoms with Gasteiger partial charge >= 0.3 is 6.03 Å². The normalized spacial score (nSPS) is 28.4. The van der Waals surface area contributed by atoms with Crippen LogP contribution in [0.25, 0.3) is 0 Å². The van der Waals surface area contributed by atoms with Gasteiger partial charge in [-0.1, -0.05) is 30.3 Å². The monoisotopic (exact) mass is 361 g/mol. The average molecular weight is 361 g/mol. The summed E-state index contributed by atoms with van der Waals surface area (Å²) in [4.78, 5) is 28.4. The van der Waals surface area contributed by atoms with Crippen LogP contribution in [0.2, 0.25) is 0 Å². The van der Waals surface area contributed by atoms with Crippen LogP contribution in [0.15, 0.2) is 41.6 Å². The lowest BCUT2D eigenvalue weighted by molar-refractivity contribution is -0.127. The van der Waals surface area contributed by atoms with E-state index in [2.05, 4.69) is 5.32 Å². The molecule has 0 saturated carbocycles. The minimum Gasteiger partial charge on any atom is -0.329 e. The first-order chi connectivity index (χ1) is 11.9. The molecule has 0 unspecified atom stereocenters. The van der Waals surface area contributed by atoms with E-state index in [1.165, 1.54) is 4.90 Å². The van der Waals surface area contributed by atoms with E-state index in [4.69, 9.17) is 0 Å². The van der Waals surface area contributed by atoms with E-state index < -0.39 is 15.9 Å². The fourth-order valence-electron chi connectivity index (χ4n) is 3.80. The Bertz CT molecular complexity index is 878. The number of carbonyl (C=O) groups excluding carboxylic acids is 2. The highest BCUT2D eigenvalue weighted by Crippen LogP contribution is 2.37. The third kappa shape index (κ3) is 2.60. The van der Waals surface area contributed by atoms with Gasteiger partial charge < -0.3 is 10.2 Å². The van der Waals surface area contributed by atoms with E-state index in [1.807, 2.05) is 30.3 Å². The molecule has 7 nitrogen and oxygen atoms in total. The largest absolute Gasteiger partial charge is 0.329 e. The second kappa shape index (κ2) is 5.59. The Balaban J connectivity index is 1.70. The molecule has 1 aromatic rings. The number of sulfone groups is 1. The Morgan fingerprint density at radius 2 is 1.88 bits per heavy atom. The molecular weight excluding hydrogens is 342 g/mol. The molecule has 1 saturated heterocycles. The molecule has 3 aliphatic rings. The molecule has 1 aromatic carbocycles. The van der Waals surface area contributed by atoms with E-state index in [1.54, 1.807) is 11.9 Å². The number of likely N-dealkylation sites (N-methyl/N-ethyl adjacent to an activating group) is 1. The molecule has 4 rings (SSSR count). The van der Waals surface area contributed by atoms with Gasteiger partial charge in [0.05, 0.1) is 35.4 Å². The van der Waals surface area contributed by atoms with Crippen LogP contribution in [0.4, 0.5) is 4.79 Å². The third-order valence-corrected chi connectivity index (χ3v) is 6.92. The average Bonchev–Trinajstić information content (AvgIpc) is 3.12. The van der Waals surface area contributed by atoms with Gasteiger partial charge in [0.1, 0.15) is 0 Å². The highest BCUT2D eigenvalue weighted by molar-refractivity contribution is 7.91. The minimum absolute atomic E-state index is 0.000390. The fourth-order valence-corrected chi connectivity index (χ4v) is 5.53. The van der Waals surface area contributed by atoms with Crippen LogP contribution in [-0.2, 0) is 14.6 Å². The minimum atomic E-state index is -3.09. The lowest BCUT2D eigenvalue weighted by atomic mass is 9.96. The summed E-state index contributed by atoms with van der Waals surface area (Å²) in [6, 6.07) is 8.26. The molecular formula is C17H19N3O4S. The number of amides is 3. The Morgan fingerprint density at radius 1 is 1.16 bits per heavy atom. The molecule has 0 aliphatic carbocycles. The Kier molecular flexibility index (Phi) is 3.61. The zero-order chi connectivity index (χ0) is 17.8. The molecule has 3 heterocycles. The first-order valence-electron chi connectivity index (χ1n) is 8.21. The van der Waals surface area contributed by atoms with Gasteiger partial charge in [-0.05, 0) is 12.0 Å². The van der Waals surface area contributed by atoms with Gasteiger partial charge in [0.2, 0.25) is 0 Å². The molecule has 3 aliphatic heterocycles. The summed E-state index contributed by atoms with van der Waals surface area (Å²) in [5.74, 6) is -0.0699. The van der Waals surface area contributed by atoms with Gasteiger partial charge in [0.25, 0.3) is 5.91 Å². The van der Waals surface area contributed by atoms with Crippen molar-refractivity contribution in [2.75, 3.05) is 25.1 Å². The third-order valence-electron chi connectivity index (χ3n) is 5.17. The van der Waals surface area contributed by atoms with Crippen molar-refractivity contribution < 1.29 is 18.0 Å². The van der Waals surface area contributed by atoms with Crippen molar-refractivity contribution in [3.05, 3.63) is 47.2 Å². The number of benzene rings is 1. The number of urea groups is 1. The number of hydrogen-bond acceptors (Lipinski definition) is 4. The van der Waals surface area contributed by atoms with Crippen molar-refractivity contribution in [1.82, 2.24) is 15.1 Å². The van der Waals surface area contributed by atoms with Crippen LogP contribution in [0.5, 0.6) is 0 Å². The Morgan fingerprint density at radius 3 is 2.52 bits per heavy atom. The Labute approximate surface area is 146 Å². The Hall–Kier alpha value is -2.35. The molecule has 0 radical (unpaired) electrons. The van der Waals surface area contributed by atoms with E-state index >= 15 is 0 Å². The maximum absolute atomic E-state index is 13.1. The summed E-state index contributed by atoms with van der Waals surface area (Å²) in [6.45, 7) is 0.279. The van der Waals surface area contributed by atoms with Crippen LogP contribution < -0.4 is 5.32 Å². The number of rotatable bonds is 2. The zero-order valence-electron chi connectivity index (χ0n) is 13.8. The number of nitrogens with one attached hydrogen (secondary N) is 1. The molecule has 0 spiro atoms. The van der Waals surface area contributed by atoms with Crippen molar-refractivity contribution >= 4 is 21.8 Å². The quantitative estimate of drug-likeness (QED) is 0.839. The standard InChI is InChI=1S/C17H19N3O4S/c1-19-13-9-20(12-7-8-25(23,24)10-12)16(21)14(13)15(18-17(19)22)11-5-3-2-4-6-11/h2-6,12,15H,7-10H2,1H3,(H,18,22)/t12-,15+/m0/s1. The van der Waals surface area contributed by atoms with Gasteiger partial charge in [0, 0.05) is 13.1 Å². The van der Waals surface area contributed by atoms with E-state index in [0.717, 1.165) is 5.56 Å². The van der Waals surface area contributed by atoms with Crippen molar-refractivity contribution in [2.24, 2.45) is 0 Å². The van der Waals surface area contributed by atoms with E-state index in [0.29, 0.717) is 17.7 Å². The number of nitrogens with zero attached hydrogens (tertiary/aromatic N) is 2. The molecule has 1 N–H and O–H groups in total. The van der Waals surface area contributed by atoms with Crippen molar-refractivity contribution in [2.45, 2.75) is 18.5 Å². The fraction of sp³-hybridized carbons (Fsp3) is 0.412. The molecule has 2 atom stereocenters. The molecule has 0 bridgehead atoms. The van der Waals surface area contributed by atoms with Crippen LogP contribution in [0, 0.1) is 0 Å². The van der Waals surface area contributed by atoms with E-state index in [9.17, 15) is 18.0 Å². The SMILES string of the molecule is CN1C(=O)N[C@H](c2ccccc2)C2=C1CN([C@H]1CCS(=O)(=O)C1)C2=O. The number of carbonyl (C=O) groups is 2. The second-order valence-electron chi connectivity index (χ2n) is 6.70. The van der Waals surface area contributed by atoms with Crippen LogP contribution in [0.3, 0.4) is 0 Å². The highest BCUT2D eigenvalue weighted by atomic mass is 32.2. The van der Waals surface area contributed by atoms with Crippen molar-refractivity contribution in [3.63, 3.8) is 0 Å². The second-order valence-corrected chi connectivity index (χ2v) is 8.93. The predicted octanol–water partition coefficient (Wildman–Crippen LogP) is 0.666. The van der Waals surface area contributed by atoms with Crippen LogP contribution >= 0.6 is 0 Å². The van der Waals surface area contributed by atoms with E-state index in [-0.39, 0.29) is 36.0 Å². The van der Waals surface area contributed by atoms with Gasteiger partial charge in [-0.25, -0.2) is 13.2 Å². The molecule has 0 aromatic heterocycles. The molecule has 25 heavy (non-hydrogen) atoms. The van der Waals surface area contributed by atoms with Gasteiger partial charge in [0.15, 0.2) is 9.84 Å². The maximum atomic E-state index is 13.1. The maximum Gasteiger partial charge on any atom is 0.322 e. The predicted molar refractivity (Wildman–Crippen MR) is 91.3 cm³/mol. The van der Waals surface area contributed by atoms with Crippen molar-refractivity contribution in [1.29, 1.82) is 0 Å². The number of hydrogen-bond donors (Lipinski definition) is 1. The van der Waals surface area contributed by atoms with Crippen LogP contribution in [0.1, 0.15) is 18.0 Å². The summed E-state index contributed by atoms with van der Waals surface area (Å²) >= 11 is 0. The lowest BCUT2D eigenvalue weighted by Crippen LogP contribution is -2.45. The zero-order valence-corrected chi connectivity index (χ0v) is 14.6. The summed E-state index contributed by atoms with van der Waals surface area (Å²) in [5.41, 5.74) is 2.04.